The second kappa shape index (κ2) is 4.52. The first kappa shape index (κ1) is 10.4. The summed E-state index contributed by atoms with van der Waals surface area (Å²) in [5.41, 5.74) is 7.27. The fraction of sp³-hybridized carbons (Fsp3) is 0.364. The molecule has 0 aliphatic heterocycles. The Hall–Kier alpha value is -1.69. The summed E-state index contributed by atoms with van der Waals surface area (Å²) in [5.74, 6) is 3.47. The number of hydrogen-bond donors (Lipinski definition) is 2. The minimum Gasteiger partial charge on any atom is -0.397 e. The van der Waals surface area contributed by atoms with Crippen molar-refractivity contribution in [2.75, 3.05) is 11.1 Å². The van der Waals surface area contributed by atoms with Crippen LogP contribution in [0.4, 0.5) is 11.5 Å². The average Bonchev–Trinajstić information content (AvgIpc) is 2.17. The molecule has 3 heteroatoms. The lowest BCUT2D eigenvalue weighted by Gasteiger charge is -2.13. The van der Waals surface area contributed by atoms with Crippen molar-refractivity contribution in [3.63, 3.8) is 0 Å². The molecule has 1 heterocycles. The van der Waals surface area contributed by atoms with E-state index in [1.807, 2.05) is 19.9 Å². The molecule has 0 aromatic carbocycles. The summed E-state index contributed by atoms with van der Waals surface area (Å²) in [7, 11) is 0. The van der Waals surface area contributed by atoms with Crippen molar-refractivity contribution in [1.29, 1.82) is 0 Å². The summed E-state index contributed by atoms with van der Waals surface area (Å²) in [4.78, 5) is 4.18. The maximum Gasteiger partial charge on any atom is 0.129 e. The lowest BCUT2D eigenvalue weighted by Crippen LogP contribution is -2.17. The number of nitrogen functional groups attached to an aromatic ring is 1. The van der Waals surface area contributed by atoms with Crippen molar-refractivity contribution in [2.24, 2.45) is 0 Å². The highest BCUT2D eigenvalue weighted by atomic mass is 15.0. The number of pyridine rings is 1. The predicted molar refractivity (Wildman–Crippen MR) is 59.9 cm³/mol. The van der Waals surface area contributed by atoms with Crippen LogP contribution in [0, 0.1) is 19.3 Å². The molecular formula is C11H15N3. The van der Waals surface area contributed by atoms with E-state index in [2.05, 4.69) is 16.2 Å². The topological polar surface area (TPSA) is 50.9 Å². The van der Waals surface area contributed by atoms with Gasteiger partial charge in [0.15, 0.2) is 0 Å². The maximum atomic E-state index is 5.59. The van der Waals surface area contributed by atoms with Crippen LogP contribution in [0.3, 0.4) is 0 Å². The van der Waals surface area contributed by atoms with Crippen LogP contribution in [0.1, 0.15) is 18.9 Å². The Kier molecular flexibility index (Phi) is 3.35. The fourth-order valence-corrected chi connectivity index (χ4v) is 1.17. The first-order valence-corrected chi connectivity index (χ1v) is 4.62. The molecule has 74 valence electrons. The lowest BCUT2D eigenvalue weighted by atomic mass is 10.2. The molecule has 0 aliphatic rings. The maximum absolute atomic E-state index is 5.59. The Bertz CT molecular complexity index is 352. The van der Waals surface area contributed by atoms with Crippen molar-refractivity contribution < 1.29 is 0 Å². The molecule has 1 aromatic heterocycles. The standard InChI is InChI=1S/C11H15N3/c1-4-10(5-2)14-11-8(3)6-9(12)7-13-11/h1,6-7,10H,5,12H2,2-3H3,(H,13,14). The lowest BCUT2D eigenvalue weighted by molar-refractivity contribution is 0.849. The number of nitrogens with two attached hydrogens (primary N) is 1. The van der Waals surface area contributed by atoms with Crippen LogP contribution < -0.4 is 11.1 Å². The number of rotatable bonds is 3. The van der Waals surface area contributed by atoms with E-state index in [4.69, 9.17) is 12.2 Å². The van der Waals surface area contributed by atoms with E-state index in [1.54, 1.807) is 6.20 Å². The Labute approximate surface area is 84.7 Å². The van der Waals surface area contributed by atoms with Crippen LogP contribution in [0.2, 0.25) is 0 Å². The number of anilines is 2. The number of nitrogens with zero attached hydrogens (tertiary/aromatic N) is 1. The molecule has 0 aliphatic carbocycles. The van der Waals surface area contributed by atoms with Crippen molar-refractivity contribution >= 4 is 11.5 Å². The van der Waals surface area contributed by atoms with Gasteiger partial charge >= 0.3 is 0 Å². The molecule has 1 aromatic rings. The third-order valence-electron chi connectivity index (χ3n) is 2.02. The van der Waals surface area contributed by atoms with E-state index in [-0.39, 0.29) is 6.04 Å². The summed E-state index contributed by atoms with van der Waals surface area (Å²) in [6.45, 7) is 3.99. The SMILES string of the molecule is C#CC(CC)Nc1ncc(N)cc1C. The number of nitrogens with one attached hydrogen (secondary N) is 1. The third kappa shape index (κ3) is 2.40. The van der Waals surface area contributed by atoms with E-state index in [9.17, 15) is 0 Å². The van der Waals surface area contributed by atoms with Gasteiger partial charge in [-0.2, -0.15) is 0 Å². The van der Waals surface area contributed by atoms with Gasteiger partial charge in [0.05, 0.1) is 17.9 Å². The van der Waals surface area contributed by atoms with Crippen LogP contribution in [0.25, 0.3) is 0 Å². The fourth-order valence-electron chi connectivity index (χ4n) is 1.17. The van der Waals surface area contributed by atoms with Gasteiger partial charge in [-0.15, -0.1) is 6.42 Å². The second-order valence-corrected chi connectivity index (χ2v) is 3.21. The number of aryl methyl sites for hydroxylation is 1. The van der Waals surface area contributed by atoms with Gasteiger partial charge in [0.2, 0.25) is 0 Å². The Balaban J connectivity index is 2.82. The van der Waals surface area contributed by atoms with Crippen LogP contribution >= 0.6 is 0 Å². The molecule has 1 atom stereocenters. The zero-order valence-corrected chi connectivity index (χ0v) is 8.54. The van der Waals surface area contributed by atoms with Crippen LogP contribution in [-0.2, 0) is 0 Å². The monoisotopic (exact) mass is 189 g/mol. The first-order chi connectivity index (χ1) is 6.67. The average molecular weight is 189 g/mol. The van der Waals surface area contributed by atoms with Gasteiger partial charge in [0.1, 0.15) is 5.82 Å². The molecule has 3 nitrogen and oxygen atoms in total. The molecule has 1 unspecified atom stereocenters. The van der Waals surface area contributed by atoms with Gasteiger partial charge in [-0.25, -0.2) is 4.98 Å². The molecule has 3 N–H and O–H groups in total. The quantitative estimate of drug-likeness (QED) is 0.713. The van der Waals surface area contributed by atoms with Gasteiger partial charge < -0.3 is 11.1 Å². The minimum absolute atomic E-state index is 0.0322. The van der Waals surface area contributed by atoms with E-state index >= 15 is 0 Å². The second-order valence-electron chi connectivity index (χ2n) is 3.21. The van der Waals surface area contributed by atoms with Crippen LogP contribution in [0.15, 0.2) is 12.3 Å². The Morgan fingerprint density at radius 2 is 2.43 bits per heavy atom. The summed E-state index contributed by atoms with van der Waals surface area (Å²) in [6.07, 6.45) is 7.85. The highest BCUT2D eigenvalue weighted by molar-refractivity contribution is 5.51. The number of terminal acetylenes is 1. The summed E-state index contributed by atoms with van der Waals surface area (Å²) >= 11 is 0. The summed E-state index contributed by atoms with van der Waals surface area (Å²) in [5, 5.41) is 3.17. The first-order valence-electron chi connectivity index (χ1n) is 4.62. The van der Waals surface area contributed by atoms with Crippen molar-refractivity contribution in [3.8, 4) is 12.3 Å². The van der Waals surface area contributed by atoms with E-state index in [1.165, 1.54) is 0 Å². The van der Waals surface area contributed by atoms with Crippen LogP contribution in [0.5, 0.6) is 0 Å². The molecule has 0 radical (unpaired) electrons. The van der Waals surface area contributed by atoms with Crippen molar-refractivity contribution in [2.45, 2.75) is 26.3 Å². The molecule has 0 bridgehead atoms. The molecule has 14 heavy (non-hydrogen) atoms. The highest BCUT2D eigenvalue weighted by Crippen LogP contribution is 2.15. The van der Waals surface area contributed by atoms with Gasteiger partial charge in [-0.3, -0.25) is 0 Å². The molecule has 0 fully saturated rings. The largest absolute Gasteiger partial charge is 0.397 e. The van der Waals surface area contributed by atoms with Gasteiger partial charge in [0.25, 0.3) is 0 Å². The van der Waals surface area contributed by atoms with Gasteiger partial charge in [0, 0.05) is 0 Å². The van der Waals surface area contributed by atoms with Crippen LogP contribution in [-0.4, -0.2) is 11.0 Å². The summed E-state index contributed by atoms with van der Waals surface area (Å²) < 4.78 is 0. The Morgan fingerprint density at radius 3 is 2.93 bits per heavy atom. The highest BCUT2D eigenvalue weighted by Gasteiger charge is 2.05. The zero-order valence-electron chi connectivity index (χ0n) is 8.54. The number of aromatic nitrogens is 1. The summed E-state index contributed by atoms with van der Waals surface area (Å²) in [6, 6.07) is 1.91. The predicted octanol–water partition coefficient (Wildman–Crippen LogP) is 1.80. The molecule has 0 amide bonds. The van der Waals surface area contributed by atoms with E-state index in [0.29, 0.717) is 5.69 Å². The van der Waals surface area contributed by atoms with Crippen molar-refractivity contribution in [1.82, 2.24) is 4.98 Å². The molecule has 1 rings (SSSR count). The Morgan fingerprint density at radius 1 is 1.71 bits per heavy atom. The smallest absolute Gasteiger partial charge is 0.129 e. The molecule has 0 saturated carbocycles. The number of hydrogen-bond acceptors (Lipinski definition) is 3. The normalized spacial score (nSPS) is 11.8. The minimum atomic E-state index is 0.0322. The van der Waals surface area contributed by atoms with Crippen molar-refractivity contribution in [3.05, 3.63) is 17.8 Å². The zero-order chi connectivity index (χ0) is 10.6. The van der Waals surface area contributed by atoms with Gasteiger partial charge in [-0.05, 0) is 25.0 Å². The molecule has 0 saturated heterocycles. The van der Waals surface area contributed by atoms with Gasteiger partial charge in [-0.1, -0.05) is 12.8 Å². The van der Waals surface area contributed by atoms with E-state index < -0.39 is 0 Å². The third-order valence-corrected chi connectivity index (χ3v) is 2.02. The van der Waals surface area contributed by atoms with E-state index in [0.717, 1.165) is 17.8 Å². The molecule has 0 spiro atoms. The molecular weight excluding hydrogens is 174 g/mol.